The maximum atomic E-state index is 13.5. The van der Waals surface area contributed by atoms with Gasteiger partial charge >= 0.3 is 6.18 Å². The molecule has 0 radical (unpaired) electrons. The van der Waals surface area contributed by atoms with Crippen LogP contribution in [0.5, 0.6) is 0 Å². The van der Waals surface area contributed by atoms with Gasteiger partial charge in [-0.25, -0.2) is 9.97 Å². The van der Waals surface area contributed by atoms with Crippen molar-refractivity contribution in [3.05, 3.63) is 35.1 Å². The van der Waals surface area contributed by atoms with Crippen molar-refractivity contribution in [3.63, 3.8) is 0 Å². The van der Waals surface area contributed by atoms with Crippen LogP contribution in [0.3, 0.4) is 0 Å². The molecule has 0 spiro atoms. The van der Waals surface area contributed by atoms with Gasteiger partial charge in [0, 0.05) is 13.2 Å². The van der Waals surface area contributed by atoms with Crippen LogP contribution in [-0.4, -0.2) is 14.5 Å². The van der Waals surface area contributed by atoms with Gasteiger partial charge < -0.3 is 4.57 Å². The van der Waals surface area contributed by atoms with Gasteiger partial charge in [-0.1, -0.05) is 11.6 Å². The molecule has 0 aliphatic rings. The van der Waals surface area contributed by atoms with Crippen molar-refractivity contribution >= 4 is 11.6 Å². The lowest BCUT2D eigenvalue weighted by Crippen LogP contribution is -2.05. The predicted octanol–water partition coefficient (Wildman–Crippen LogP) is 3.29. The summed E-state index contributed by atoms with van der Waals surface area (Å²) in [5.74, 6) is -1.13. The Kier molecular flexibility index (Phi) is 3.02. The van der Waals surface area contributed by atoms with Crippen LogP contribution in [0.2, 0.25) is 5.15 Å². The third-order valence-electron chi connectivity index (χ3n) is 2.22. The maximum Gasteiger partial charge on any atom is 0.434 e. The molecule has 0 amide bonds. The third kappa shape index (κ3) is 2.31. The molecule has 0 aliphatic carbocycles. The average Bonchev–Trinajstić information content (AvgIpc) is 2.60. The second-order valence-corrected chi connectivity index (χ2v) is 3.92. The summed E-state index contributed by atoms with van der Waals surface area (Å²) in [6.07, 6.45) is -3.80. The number of hydrogen-bond acceptors (Lipinski definition) is 2. The zero-order valence-electron chi connectivity index (χ0n) is 8.96. The smallest absolute Gasteiger partial charge is 0.333 e. The minimum atomic E-state index is -4.58. The Hall–Kier alpha value is -1.63. The zero-order chi connectivity index (χ0) is 13.5. The molecule has 0 fully saturated rings. The molecule has 0 saturated heterocycles. The van der Waals surface area contributed by atoms with Gasteiger partial charge in [0.1, 0.15) is 11.0 Å². The summed E-state index contributed by atoms with van der Waals surface area (Å²) in [6, 6.07) is 2.51. The van der Waals surface area contributed by atoms with E-state index in [4.69, 9.17) is 11.6 Å². The van der Waals surface area contributed by atoms with Crippen molar-refractivity contribution in [2.45, 2.75) is 6.18 Å². The number of hydrogen-bond donors (Lipinski definition) is 0. The third-order valence-corrected chi connectivity index (χ3v) is 2.43. The lowest BCUT2D eigenvalue weighted by molar-refractivity contribution is -0.140. The van der Waals surface area contributed by atoms with Gasteiger partial charge in [-0.2, -0.15) is 17.6 Å². The fraction of sp³-hybridized carbons (Fsp3) is 0.200. The van der Waals surface area contributed by atoms with Crippen LogP contribution in [0.1, 0.15) is 5.69 Å². The van der Waals surface area contributed by atoms with E-state index in [0.29, 0.717) is 0 Å². The van der Waals surface area contributed by atoms with E-state index < -0.39 is 17.8 Å². The molecule has 2 aromatic heterocycles. The van der Waals surface area contributed by atoms with Crippen LogP contribution in [-0.2, 0) is 13.2 Å². The first-order chi connectivity index (χ1) is 8.29. The first-order valence-corrected chi connectivity index (χ1v) is 5.10. The lowest BCUT2D eigenvalue weighted by atomic mass is 10.2. The summed E-state index contributed by atoms with van der Waals surface area (Å²) in [6.45, 7) is 0. The van der Waals surface area contributed by atoms with Crippen molar-refractivity contribution in [2.24, 2.45) is 7.05 Å². The van der Waals surface area contributed by atoms with E-state index in [1.54, 1.807) is 0 Å². The second kappa shape index (κ2) is 4.24. The molecule has 2 rings (SSSR count). The first-order valence-electron chi connectivity index (χ1n) is 4.72. The van der Waals surface area contributed by atoms with E-state index in [9.17, 15) is 17.6 Å². The first kappa shape index (κ1) is 12.8. The molecule has 0 aromatic carbocycles. The van der Waals surface area contributed by atoms with Gasteiger partial charge in [-0.3, -0.25) is 0 Å². The highest BCUT2D eigenvalue weighted by atomic mass is 35.5. The quantitative estimate of drug-likeness (QED) is 0.592. The number of imidazole rings is 1. The molecular weight excluding hydrogens is 274 g/mol. The van der Waals surface area contributed by atoms with E-state index in [0.717, 1.165) is 10.8 Å². The maximum absolute atomic E-state index is 13.5. The monoisotopic (exact) mass is 279 g/mol. The molecule has 0 unspecified atom stereocenters. The van der Waals surface area contributed by atoms with Gasteiger partial charge in [0.05, 0.1) is 5.56 Å². The Morgan fingerprint density at radius 2 is 1.89 bits per heavy atom. The largest absolute Gasteiger partial charge is 0.434 e. The highest BCUT2D eigenvalue weighted by Gasteiger charge is 2.34. The minimum Gasteiger partial charge on any atom is -0.333 e. The van der Waals surface area contributed by atoms with Crippen LogP contribution in [0.15, 0.2) is 18.3 Å². The van der Waals surface area contributed by atoms with Gasteiger partial charge in [0.15, 0.2) is 5.69 Å². The Bertz CT molecular complexity index is 591. The molecule has 8 heteroatoms. The van der Waals surface area contributed by atoms with E-state index >= 15 is 0 Å². The molecular formula is C10H6ClF4N3. The summed E-state index contributed by atoms with van der Waals surface area (Å²) in [4.78, 5) is 6.68. The minimum absolute atomic E-state index is 0.0819. The number of pyridine rings is 1. The van der Waals surface area contributed by atoms with Gasteiger partial charge in [-0.15, -0.1) is 0 Å². The number of alkyl halides is 3. The molecule has 3 nitrogen and oxygen atoms in total. The van der Waals surface area contributed by atoms with Crippen molar-refractivity contribution in [2.75, 3.05) is 0 Å². The molecule has 0 saturated carbocycles. The molecule has 0 aliphatic heterocycles. The molecule has 2 heterocycles. The summed E-state index contributed by atoms with van der Waals surface area (Å²) in [5, 5.41) is -0.0819. The van der Waals surface area contributed by atoms with Gasteiger partial charge in [0.25, 0.3) is 0 Å². The standard InChI is InChI=1S/C10H6ClF4N3/c1-18-4-6(10(13,14)15)16-9(18)5-2-3-7(11)17-8(5)12/h2-4H,1H3. The summed E-state index contributed by atoms with van der Waals surface area (Å²) >= 11 is 5.46. The van der Waals surface area contributed by atoms with Crippen molar-refractivity contribution in [3.8, 4) is 11.4 Å². The fourth-order valence-electron chi connectivity index (χ4n) is 1.43. The molecule has 0 bridgehead atoms. The summed E-state index contributed by atoms with van der Waals surface area (Å²) in [7, 11) is 1.34. The van der Waals surface area contributed by atoms with Crippen LogP contribution in [0, 0.1) is 5.95 Å². The van der Waals surface area contributed by atoms with E-state index in [-0.39, 0.29) is 16.5 Å². The Morgan fingerprint density at radius 1 is 1.22 bits per heavy atom. The fourth-order valence-corrected chi connectivity index (χ4v) is 1.57. The van der Waals surface area contributed by atoms with Crippen LogP contribution in [0.4, 0.5) is 17.6 Å². The van der Waals surface area contributed by atoms with Gasteiger partial charge in [0.2, 0.25) is 5.95 Å². The highest BCUT2D eigenvalue weighted by Crippen LogP contribution is 2.31. The molecule has 18 heavy (non-hydrogen) atoms. The van der Waals surface area contributed by atoms with Crippen LogP contribution in [0.25, 0.3) is 11.4 Å². The Morgan fingerprint density at radius 3 is 2.39 bits per heavy atom. The predicted molar refractivity (Wildman–Crippen MR) is 56.4 cm³/mol. The second-order valence-electron chi connectivity index (χ2n) is 3.53. The van der Waals surface area contributed by atoms with E-state index in [1.165, 1.54) is 19.2 Å². The highest BCUT2D eigenvalue weighted by molar-refractivity contribution is 6.29. The SMILES string of the molecule is Cn1cc(C(F)(F)F)nc1-c1ccc(Cl)nc1F. The molecule has 2 aromatic rings. The Balaban J connectivity index is 2.55. The zero-order valence-corrected chi connectivity index (χ0v) is 9.72. The molecule has 96 valence electrons. The summed E-state index contributed by atoms with van der Waals surface area (Å²) in [5.41, 5.74) is -1.23. The van der Waals surface area contributed by atoms with E-state index in [2.05, 4.69) is 9.97 Å². The number of rotatable bonds is 1. The average molecular weight is 280 g/mol. The normalized spacial score (nSPS) is 11.9. The van der Waals surface area contributed by atoms with Crippen LogP contribution < -0.4 is 0 Å². The van der Waals surface area contributed by atoms with Crippen molar-refractivity contribution in [1.29, 1.82) is 0 Å². The number of halogens is 5. The molecule has 0 atom stereocenters. The number of nitrogens with zero attached hydrogens (tertiary/aromatic N) is 3. The van der Waals surface area contributed by atoms with Crippen molar-refractivity contribution in [1.82, 2.24) is 14.5 Å². The van der Waals surface area contributed by atoms with Gasteiger partial charge in [-0.05, 0) is 12.1 Å². The number of aryl methyl sites for hydroxylation is 1. The van der Waals surface area contributed by atoms with E-state index in [1.807, 2.05) is 0 Å². The van der Waals surface area contributed by atoms with Crippen molar-refractivity contribution < 1.29 is 17.6 Å². The lowest BCUT2D eigenvalue weighted by Gasteiger charge is -2.02. The topological polar surface area (TPSA) is 30.7 Å². The van der Waals surface area contributed by atoms with Crippen LogP contribution >= 0.6 is 11.6 Å². The molecule has 0 N–H and O–H groups in total. The Labute approximate surface area is 104 Å². The summed E-state index contributed by atoms with van der Waals surface area (Å²) < 4.78 is 51.9. The number of aromatic nitrogens is 3.